The van der Waals surface area contributed by atoms with Crippen LogP contribution in [0.15, 0.2) is 36.7 Å². The minimum absolute atomic E-state index is 0.0874. The normalized spacial score (nSPS) is 16.7. The predicted molar refractivity (Wildman–Crippen MR) is 98.4 cm³/mol. The number of amides is 2. The van der Waals surface area contributed by atoms with Crippen molar-refractivity contribution in [2.24, 2.45) is 0 Å². The zero-order valence-electron chi connectivity index (χ0n) is 15.9. The predicted octanol–water partition coefficient (Wildman–Crippen LogP) is 3.04. The Kier molecular flexibility index (Phi) is 6.14. The first-order chi connectivity index (χ1) is 13.8. The third-order valence-corrected chi connectivity index (χ3v) is 4.81. The minimum atomic E-state index is -4.59. The molecule has 1 aliphatic heterocycles. The van der Waals surface area contributed by atoms with Crippen LogP contribution in [0.4, 0.5) is 13.2 Å². The lowest BCUT2D eigenvalue weighted by Crippen LogP contribution is -2.32. The average Bonchev–Trinajstić information content (AvgIpc) is 3.16. The molecule has 6 nitrogen and oxygen atoms in total. The molecule has 0 unspecified atom stereocenters. The van der Waals surface area contributed by atoms with Gasteiger partial charge in [-0.05, 0) is 31.0 Å². The Labute approximate surface area is 166 Å². The van der Waals surface area contributed by atoms with Gasteiger partial charge in [0.2, 0.25) is 11.8 Å². The molecular weight excluding hydrogens is 385 g/mol. The van der Waals surface area contributed by atoms with Crippen molar-refractivity contribution >= 4 is 11.8 Å². The summed E-state index contributed by atoms with van der Waals surface area (Å²) in [5.41, 5.74) is -0.144. The molecule has 2 aromatic heterocycles. The molecule has 154 valence electrons. The molecule has 0 spiro atoms. The number of carbonyl (C=O) groups excluding carboxylic acids is 2. The van der Waals surface area contributed by atoms with Crippen molar-refractivity contribution in [3.8, 4) is 0 Å². The van der Waals surface area contributed by atoms with Crippen LogP contribution in [0.25, 0.3) is 0 Å². The van der Waals surface area contributed by atoms with E-state index in [1.165, 1.54) is 6.92 Å². The number of carbonyl (C=O) groups is 2. The van der Waals surface area contributed by atoms with E-state index in [-0.39, 0.29) is 30.1 Å². The van der Waals surface area contributed by atoms with Crippen molar-refractivity contribution in [1.82, 2.24) is 20.2 Å². The van der Waals surface area contributed by atoms with Crippen LogP contribution in [0, 0.1) is 0 Å². The monoisotopic (exact) mass is 406 g/mol. The molecule has 2 aromatic rings. The fourth-order valence-electron chi connectivity index (χ4n) is 3.44. The Hall–Kier alpha value is -2.97. The minimum Gasteiger partial charge on any atom is -0.352 e. The van der Waals surface area contributed by atoms with E-state index in [1.807, 2.05) is 0 Å². The lowest BCUT2D eigenvalue weighted by molar-refractivity contribution is -0.138. The lowest BCUT2D eigenvalue weighted by atomic mass is 10.0. The molecule has 1 aliphatic rings. The van der Waals surface area contributed by atoms with E-state index in [1.54, 1.807) is 29.3 Å². The van der Waals surface area contributed by atoms with Crippen LogP contribution in [-0.2, 0) is 28.7 Å². The van der Waals surface area contributed by atoms with Gasteiger partial charge in [0.15, 0.2) is 0 Å². The van der Waals surface area contributed by atoms with E-state index < -0.39 is 23.7 Å². The van der Waals surface area contributed by atoms with Gasteiger partial charge < -0.3 is 10.2 Å². The Morgan fingerprint density at radius 3 is 2.72 bits per heavy atom. The maximum Gasteiger partial charge on any atom is 0.416 e. The van der Waals surface area contributed by atoms with Gasteiger partial charge in [0.05, 0.1) is 23.7 Å². The molecule has 3 heterocycles. The van der Waals surface area contributed by atoms with Crippen LogP contribution in [0.5, 0.6) is 0 Å². The van der Waals surface area contributed by atoms with Crippen LogP contribution in [-0.4, -0.2) is 33.2 Å². The standard InChI is InChI=1S/C20H21F3N4O2/c1-13(28)25-11-14-12-26-17(10-16(14)20(21,22)23)18-6-4-8-27(18)19(29)9-15-5-2-3-7-24-15/h2-3,5,7,10,12,18H,4,6,8-9,11H2,1H3,(H,25,28)/t18-/m0/s1. The van der Waals surface area contributed by atoms with Crippen molar-refractivity contribution in [3.05, 3.63) is 59.2 Å². The van der Waals surface area contributed by atoms with Crippen molar-refractivity contribution in [2.45, 2.75) is 44.9 Å². The van der Waals surface area contributed by atoms with Gasteiger partial charge in [-0.2, -0.15) is 13.2 Å². The summed E-state index contributed by atoms with van der Waals surface area (Å²) in [5, 5.41) is 2.37. The van der Waals surface area contributed by atoms with Gasteiger partial charge in [-0.25, -0.2) is 0 Å². The quantitative estimate of drug-likeness (QED) is 0.828. The fourth-order valence-corrected chi connectivity index (χ4v) is 3.44. The highest BCUT2D eigenvalue weighted by molar-refractivity contribution is 5.79. The fraction of sp³-hybridized carbons (Fsp3) is 0.400. The number of aromatic nitrogens is 2. The number of halogens is 3. The maximum atomic E-state index is 13.6. The number of likely N-dealkylation sites (tertiary alicyclic amines) is 1. The van der Waals surface area contributed by atoms with Crippen LogP contribution in [0.2, 0.25) is 0 Å². The largest absolute Gasteiger partial charge is 0.416 e. The van der Waals surface area contributed by atoms with Gasteiger partial charge in [0.25, 0.3) is 0 Å². The van der Waals surface area contributed by atoms with Crippen molar-refractivity contribution in [1.29, 1.82) is 0 Å². The summed E-state index contributed by atoms with van der Waals surface area (Å²) >= 11 is 0. The summed E-state index contributed by atoms with van der Waals surface area (Å²) in [5.74, 6) is -0.617. The molecule has 3 rings (SSSR count). The highest BCUT2D eigenvalue weighted by Crippen LogP contribution is 2.37. The zero-order valence-corrected chi connectivity index (χ0v) is 15.9. The Bertz CT molecular complexity index is 887. The van der Waals surface area contributed by atoms with Gasteiger partial charge in [-0.15, -0.1) is 0 Å². The molecular formula is C20H21F3N4O2. The lowest BCUT2D eigenvalue weighted by Gasteiger charge is -2.25. The molecule has 0 aliphatic carbocycles. The van der Waals surface area contributed by atoms with Crippen LogP contribution in [0.3, 0.4) is 0 Å². The first kappa shape index (κ1) is 20.8. The van der Waals surface area contributed by atoms with Gasteiger partial charge in [-0.3, -0.25) is 19.6 Å². The van der Waals surface area contributed by atoms with E-state index >= 15 is 0 Å². The van der Waals surface area contributed by atoms with Crippen LogP contribution >= 0.6 is 0 Å². The third-order valence-electron chi connectivity index (χ3n) is 4.81. The summed E-state index contributed by atoms with van der Waals surface area (Å²) in [6.07, 6.45) is -0.543. The maximum absolute atomic E-state index is 13.6. The SMILES string of the molecule is CC(=O)NCc1cnc([C@@H]2CCCN2C(=O)Cc2ccccn2)cc1C(F)(F)F. The number of hydrogen-bond donors (Lipinski definition) is 1. The molecule has 1 N–H and O–H groups in total. The average molecular weight is 406 g/mol. The molecule has 1 saturated heterocycles. The van der Waals surface area contributed by atoms with Crippen LogP contribution < -0.4 is 5.32 Å². The second-order valence-electron chi connectivity index (χ2n) is 6.92. The summed E-state index contributed by atoms with van der Waals surface area (Å²) in [4.78, 5) is 33.7. The second kappa shape index (κ2) is 8.59. The van der Waals surface area contributed by atoms with E-state index in [9.17, 15) is 22.8 Å². The number of nitrogens with zero attached hydrogens (tertiary/aromatic N) is 3. The molecule has 1 fully saturated rings. The van der Waals surface area contributed by atoms with Crippen LogP contribution in [0.1, 0.15) is 48.3 Å². The zero-order chi connectivity index (χ0) is 21.0. The van der Waals surface area contributed by atoms with Gasteiger partial charge >= 0.3 is 6.18 Å². The third kappa shape index (κ3) is 5.10. The summed E-state index contributed by atoms with van der Waals surface area (Å²) in [6, 6.07) is 5.75. The molecule has 2 amide bonds. The molecule has 0 aromatic carbocycles. The first-order valence-corrected chi connectivity index (χ1v) is 9.25. The molecule has 29 heavy (non-hydrogen) atoms. The molecule has 0 bridgehead atoms. The number of nitrogens with one attached hydrogen (secondary N) is 1. The van der Waals surface area contributed by atoms with E-state index in [2.05, 4.69) is 15.3 Å². The number of rotatable bonds is 5. The van der Waals surface area contributed by atoms with E-state index in [4.69, 9.17) is 0 Å². The summed E-state index contributed by atoms with van der Waals surface area (Å²) in [6.45, 7) is 1.44. The van der Waals surface area contributed by atoms with Crippen molar-refractivity contribution < 1.29 is 22.8 Å². The van der Waals surface area contributed by atoms with Crippen molar-refractivity contribution in [2.75, 3.05) is 6.54 Å². The number of hydrogen-bond acceptors (Lipinski definition) is 4. The molecule has 0 saturated carbocycles. The number of pyridine rings is 2. The molecule has 9 heteroatoms. The number of alkyl halides is 3. The smallest absolute Gasteiger partial charge is 0.352 e. The molecule has 0 radical (unpaired) electrons. The Morgan fingerprint density at radius 2 is 2.07 bits per heavy atom. The first-order valence-electron chi connectivity index (χ1n) is 9.25. The summed E-state index contributed by atoms with van der Waals surface area (Å²) < 4.78 is 40.7. The Morgan fingerprint density at radius 1 is 1.28 bits per heavy atom. The molecule has 1 atom stereocenters. The highest BCUT2D eigenvalue weighted by Gasteiger charge is 2.37. The highest BCUT2D eigenvalue weighted by atomic mass is 19.4. The Balaban J connectivity index is 1.84. The topological polar surface area (TPSA) is 75.2 Å². The van der Waals surface area contributed by atoms with E-state index in [0.717, 1.165) is 12.3 Å². The second-order valence-corrected chi connectivity index (χ2v) is 6.92. The van der Waals surface area contributed by atoms with Gasteiger partial charge in [0.1, 0.15) is 0 Å². The van der Waals surface area contributed by atoms with E-state index in [0.29, 0.717) is 25.1 Å². The summed E-state index contributed by atoms with van der Waals surface area (Å²) in [7, 11) is 0. The van der Waals surface area contributed by atoms with Gasteiger partial charge in [0, 0.05) is 43.7 Å². The van der Waals surface area contributed by atoms with Crippen molar-refractivity contribution in [3.63, 3.8) is 0 Å². The van der Waals surface area contributed by atoms with Gasteiger partial charge in [-0.1, -0.05) is 6.07 Å².